The second-order valence-corrected chi connectivity index (χ2v) is 5.42. The summed E-state index contributed by atoms with van der Waals surface area (Å²) in [6, 6.07) is 10.5. The molecule has 1 unspecified atom stereocenters. The smallest absolute Gasteiger partial charge is 0.305 e. The number of hydrogen-bond acceptors (Lipinski definition) is 3. The number of carbonyl (C=O) groups is 1. The second-order valence-electron chi connectivity index (χ2n) is 4.39. The molecule has 0 N–H and O–H groups in total. The Morgan fingerprint density at radius 1 is 1.33 bits per heavy atom. The van der Waals surface area contributed by atoms with Crippen LogP contribution in [0.4, 0.5) is 0 Å². The molecule has 18 heavy (non-hydrogen) atoms. The maximum Gasteiger partial charge on any atom is 0.305 e. The lowest BCUT2D eigenvalue weighted by Gasteiger charge is -2.13. The largest absolute Gasteiger partial charge is 0.469 e. The van der Waals surface area contributed by atoms with Crippen molar-refractivity contribution in [1.82, 2.24) is 0 Å². The number of carbonyl (C=O) groups excluding carboxylic acids is 1. The molecule has 0 aliphatic rings. The van der Waals surface area contributed by atoms with Crippen molar-refractivity contribution in [1.29, 1.82) is 0 Å². The van der Waals surface area contributed by atoms with Gasteiger partial charge in [0, 0.05) is 12.2 Å². The SMILES string of the molecule is CCC(CCC(=O)OC)CSCc1ccccc1. The Kier molecular flexibility index (Phi) is 7.58. The van der Waals surface area contributed by atoms with Gasteiger partial charge in [0.25, 0.3) is 0 Å². The summed E-state index contributed by atoms with van der Waals surface area (Å²) in [5.74, 6) is 2.68. The summed E-state index contributed by atoms with van der Waals surface area (Å²) in [5.41, 5.74) is 1.37. The molecular weight excluding hydrogens is 244 g/mol. The van der Waals surface area contributed by atoms with E-state index in [9.17, 15) is 4.79 Å². The fourth-order valence-corrected chi connectivity index (χ4v) is 3.03. The first-order valence-corrected chi connectivity index (χ1v) is 7.60. The Bertz CT molecular complexity index is 338. The quantitative estimate of drug-likeness (QED) is 0.668. The van der Waals surface area contributed by atoms with Crippen LogP contribution in [0, 0.1) is 5.92 Å². The normalized spacial score (nSPS) is 12.1. The molecule has 0 saturated carbocycles. The number of hydrogen-bond donors (Lipinski definition) is 0. The first kappa shape index (κ1) is 15.1. The molecule has 0 bridgehead atoms. The summed E-state index contributed by atoms with van der Waals surface area (Å²) in [7, 11) is 1.45. The Morgan fingerprint density at radius 2 is 2.06 bits per heavy atom. The van der Waals surface area contributed by atoms with Crippen LogP contribution in [0.2, 0.25) is 0 Å². The van der Waals surface area contributed by atoms with Crippen LogP contribution in [0.1, 0.15) is 31.7 Å². The highest BCUT2D eigenvalue weighted by molar-refractivity contribution is 7.98. The fourth-order valence-electron chi connectivity index (χ4n) is 1.75. The van der Waals surface area contributed by atoms with Crippen molar-refractivity contribution in [3.05, 3.63) is 35.9 Å². The minimum absolute atomic E-state index is 0.0958. The van der Waals surface area contributed by atoms with Gasteiger partial charge in [0.1, 0.15) is 0 Å². The zero-order chi connectivity index (χ0) is 13.2. The van der Waals surface area contributed by atoms with Crippen LogP contribution in [0.25, 0.3) is 0 Å². The third-order valence-corrected chi connectivity index (χ3v) is 4.27. The van der Waals surface area contributed by atoms with Crippen LogP contribution in [-0.2, 0) is 15.3 Å². The lowest BCUT2D eigenvalue weighted by molar-refractivity contribution is -0.140. The average Bonchev–Trinajstić information content (AvgIpc) is 2.43. The molecule has 0 spiro atoms. The van der Waals surface area contributed by atoms with Gasteiger partial charge in [0.2, 0.25) is 0 Å². The molecule has 0 heterocycles. The highest BCUT2D eigenvalue weighted by Gasteiger charge is 2.09. The number of thioether (sulfide) groups is 1. The van der Waals surface area contributed by atoms with Crippen LogP contribution in [-0.4, -0.2) is 18.8 Å². The monoisotopic (exact) mass is 266 g/mol. The minimum Gasteiger partial charge on any atom is -0.469 e. The molecule has 2 nitrogen and oxygen atoms in total. The predicted molar refractivity (Wildman–Crippen MR) is 77.6 cm³/mol. The van der Waals surface area contributed by atoms with Crippen LogP contribution >= 0.6 is 11.8 Å². The van der Waals surface area contributed by atoms with E-state index in [2.05, 4.69) is 35.9 Å². The second kappa shape index (κ2) is 9.03. The van der Waals surface area contributed by atoms with E-state index in [4.69, 9.17) is 0 Å². The summed E-state index contributed by atoms with van der Waals surface area (Å²) in [6.07, 6.45) is 2.60. The molecule has 0 saturated heterocycles. The first-order chi connectivity index (χ1) is 8.76. The number of rotatable bonds is 8. The van der Waals surface area contributed by atoms with Crippen molar-refractivity contribution in [2.24, 2.45) is 5.92 Å². The van der Waals surface area contributed by atoms with E-state index < -0.39 is 0 Å². The zero-order valence-electron chi connectivity index (χ0n) is 11.2. The Hall–Kier alpha value is -0.960. The molecule has 0 fully saturated rings. The number of ether oxygens (including phenoxy) is 1. The van der Waals surface area contributed by atoms with E-state index in [-0.39, 0.29) is 5.97 Å². The average molecular weight is 266 g/mol. The molecule has 0 aromatic heterocycles. The Morgan fingerprint density at radius 3 is 2.67 bits per heavy atom. The van der Waals surface area contributed by atoms with Gasteiger partial charge in [-0.05, 0) is 23.7 Å². The van der Waals surface area contributed by atoms with Crippen LogP contribution in [0.15, 0.2) is 30.3 Å². The fraction of sp³-hybridized carbons (Fsp3) is 0.533. The van der Waals surface area contributed by atoms with Crippen molar-refractivity contribution < 1.29 is 9.53 Å². The molecule has 1 rings (SSSR count). The topological polar surface area (TPSA) is 26.3 Å². The van der Waals surface area contributed by atoms with Crippen LogP contribution in [0.3, 0.4) is 0 Å². The van der Waals surface area contributed by atoms with Crippen molar-refractivity contribution in [3.8, 4) is 0 Å². The van der Waals surface area contributed by atoms with E-state index >= 15 is 0 Å². The number of benzene rings is 1. The summed E-state index contributed by atoms with van der Waals surface area (Å²) >= 11 is 1.95. The molecule has 1 aromatic rings. The maximum absolute atomic E-state index is 11.1. The summed E-state index contributed by atoms with van der Waals surface area (Å²) in [5, 5.41) is 0. The van der Waals surface area contributed by atoms with Gasteiger partial charge in [-0.15, -0.1) is 0 Å². The molecule has 0 aliphatic heterocycles. The summed E-state index contributed by atoms with van der Waals surface area (Å²) in [6.45, 7) is 2.19. The van der Waals surface area contributed by atoms with Crippen LogP contribution in [0.5, 0.6) is 0 Å². The van der Waals surface area contributed by atoms with Gasteiger partial charge < -0.3 is 4.74 Å². The molecular formula is C15H22O2S. The van der Waals surface area contributed by atoms with Gasteiger partial charge in [-0.1, -0.05) is 43.7 Å². The molecule has 100 valence electrons. The third-order valence-electron chi connectivity index (χ3n) is 3.03. The summed E-state index contributed by atoms with van der Waals surface area (Å²) in [4.78, 5) is 11.1. The van der Waals surface area contributed by atoms with Crippen molar-refractivity contribution in [2.45, 2.75) is 31.9 Å². The lowest BCUT2D eigenvalue weighted by Crippen LogP contribution is -2.08. The van der Waals surface area contributed by atoms with Gasteiger partial charge >= 0.3 is 5.97 Å². The van der Waals surface area contributed by atoms with Crippen LogP contribution < -0.4 is 0 Å². The maximum atomic E-state index is 11.1. The minimum atomic E-state index is -0.0958. The molecule has 0 aliphatic carbocycles. The molecule has 0 amide bonds. The molecule has 1 atom stereocenters. The van der Waals surface area contributed by atoms with Gasteiger partial charge in [-0.25, -0.2) is 0 Å². The highest BCUT2D eigenvalue weighted by atomic mass is 32.2. The van der Waals surface area contributed by atoms with Gasteiger partial charge in [0.05, 0.1) is 7.11 Å². The van der Waals surface area contributed by atoms with Crippen molar-refractivity contribution in [2.75, 3.05) is 12.9 Å². The van der Waals surface area contributed by atoms with Crippen molar-refractivity contribution >= 4 is 17.7 Å². The summed E-state index contributed by atoms with van der Waals surface area (Å²) < 4.78 is 4.67. The van der Waals surface area contributed by atoms with Crippen molar-refractivity contribution in [3.63, 3.8) is 0 Å². The lowest BCUT2D eigenvalue weighted by atomic mass is 10.0. The standard InChI is InChI=1S/C15H22O2S/c1-3-13(9-10-15(16)17-2)11-18-12-14-7-5-4-6-8-14/h4-8,13H,3,9-12H2,1-2H3. The highest BCUT2D eigenvalue weighted by Crippen LogP contribution is 2.20. The van der Waals surface area contributed by atoms with E-state index in [1.165, 1.54) is 12.7 Å². The van der Waals surface area contributed by atoms with E-state index in [0.717, 1.165) is 24.3 Å². The first-order valence-electron chi connectivity index (χ1n) is 6.44. The zero-order valence-corrected chi connectivity index (χ0v) is 12.0. The molecule has 0 radical (unpaired) electrons. The molecule has 3 heteroatoms. The van der Waals surface area contributed by atoms with Gasteiger partial charge in [0.15, 0.2) is 0 Å². The third kappa shape index (κ3) is 6.10. The predicted octanol–water partition coefficient (Wildman–Crippen LogP) is 3.90. The van der Waals surface area contributed by atoms with E-state index in [0.29, 0.717) is 12.3 Å². The van der Waals surface area contributed by atoms with E-state index in [1.54, 1.807) is 0 Å². The Balaban J connectivity index is 2.21. The van der Waals surface area contributed by atoms with E-state index in [1.807, 2.05) is 17.8 Å². The van der Waals surface area contributed by atoms with Gasteiger partial charge in [-0.3, -0.25) is 4.79 Å². The number of esters is 1. The molecule has 1 aromatic carbocycles. The Labute approximate surface area is 114 Å². The van der Waals surface area contributed by atoms with Gasteiger partial charge in [-0.2, -0.15) is 11.8 Å². The number of methoxy groups -OCH3 is 1.